The SMILES string of the molecule is C=c1ccn(Cc2ccc(COCNC(=O)CN[C-]=O)cc2OC)/c1=C(/N=C(/N)CCC)NCCCCC.[Fm]. The van der Waals surface area contributed by atoms with Gasteiger partial charge in [-0.1, -0.05) is 45.4 Å². The number of aliphatic imine (C=N–C) groups is 1. The molecule has 2 rings (SSSR count). The molecule has 0 aliphatic rings. The van der Waals surface area contributed by atoms with E-state index in [4.69, 9.17) is 20.2 Å². The van der Waals surface area contributed by atoms with Crippen LogP contribution in [0, 0.1) is 0 Å². The van der Waals surface area contributed by atoms with Crippen LogP contribution in [-0.4, -0.2) is 49.7 Å². The quantitative estimate of drug-likeness (QED) is 0.0450. The van der Waals surface area contributed by atoms with Gasteiger partial charge in [0.2, 0.25) is 5.91 Å². The molecule has 2 aromatic rings. The van der Waals surface area contributed by atoms with Gasteiger partial charge in [-0.25, -0.2) is 4.99 Å². The molecule has 0 saturated heterocycles. The molecule has 0 bridgehead atoms. The van der Waals surface area contributed by atoms with Gasteiger partial charge in [-0.15, -0.1) is 0 Å². The number of unbranched alkanes of at least 4 members (excludes halogenated alkanes) is 2. The van der Waals surface area contributed by atoms with E-state index in [0.29, 0.717) is 12.4 Å². The Hall–Kier alpha value is -4.79. The van der Waals surface area contributed by atoms with Crippen LogP contribution in [0.4, 0.5) is 0 Å². The number of amidine groups is 1. The van der Waals surface area contributed by atoms with Crippen LogP contribution >= 0.6 is 0 Å². The number of nitrogens with two attached hydrogens (primary N) is 1. The summed E-state index contributed by atoms with van der Waals surface area (Å²) in [7, 11) is 1.63. The van der Waals surface area contributed by atoms with Gasteiger partial charge in [0.05, 0.1) is 32.2 Å². The van der Waals surface area contributed by atoms with Gasteiger partial charge >= 0.3 is 0 Å². The number of hydrogen-bond donors (Lipinski definition) is 4. The number of amides is 2. The number of benzene rings is 1. The molecule has 39 heavy (non-hydrogen) atoms. The summed E-state index contributed by atoms with van der Waals surface area (Å²) in [6, 6.07) is 7.84. The van der Waals surface area contributed by atoms with Crippen LogP contribution in [0.15, 0.2) is 35.5 Å². The summed E-state index contributed by atoms with van der Waals surface area (Å²) in [5.41, 5.74) is 8.09. The second kappa shape index (κ2) is 17.6. The van der Waals surface area contributed by atoms with Crippen LogP contribution in [0.5, 0.6) is 5.75 Å². The molecule has 5 N–H and O–H groups in total. The fourth-order valence-electron chi connectivity index (χ4n) is 3.82. The first-order valence-electron chi connectivity index (χ1n) is 13.0. The molecule has 0 unspecified atom stereocenters. The van der Waals surface area contributed by atoms with Crippen LogP contribution < -0.4 is 37.0 Å². The summed E-state index contributed by atoms with van der Waals surface area (Å²) < 4.78 is 13.3. The molecule has 0 aliphatic heterocycles. The molecule has 11 heteroatoms. The second-order valence-electron chi connectivity index (χ2n) is 8.85. The van der Waals surface area contributed by atoms with Gasteiger partial charge in [-0.2, -0.15) is 6.41 Å². The molecule has 10 nitrogen and oxygen atoms in total. The minimum Gasteiger partial charge on any atom is -0.522 e. The van der Waals surface area contributed by atoms with Crippen molar-refractivity contribution < 1.29 is 19.1 Å². The maximum Gasteiger partial charge on any atom is 0.238 e. The van der Waals surface area contributed by atoms with Gasteiger partial charge in [0.1, 0.15) is 18.3 Å². The summed E-state index contributed by atoms with van der Waals surface area (Å²) >= 11 is 0. The fraction of sp³-hybridized carbons (Fsp3) is 0.464. The topological polar surface area (TPSA) is 132 Å². The largest absolute Gasteiger partial charge is 0.522 e. The number of carbonyl (C=O) groups excluding carboxylic acids is 2. The monoisotopic (exact) mass is 782 g/mol. The first-order chi connectivity index (χ1) is 18.4. The predicted octanol–water partition coefficient (Wildman–Crippen LogP) is 1.21. The standard InChI is InChI=1S/C28H41N6O4.Fm/c1-5-7-8-13-31-28(33-25(29)9-6-2)27-21(3)12-14-34(27)17-23-11-10-22(15-24(23)37-4)18-38-20-32-26(36)16-30-19-35;/h10-12,14-15,31H,3,5-9,13,16-18,20H2,1-2,4H3,(H2,29,33)(H,30,35)(H,32,36);/q-1;/b28-27+;. The Morgan fingerprint density at radius 2 is 1.97 bits per heavy atom. The van der Waals surface area contributed by atoms with Crippen molar-refractivity contribution in [3.8, 4) is 5.75 Å². The number of rotatable bonds is 18. The number of nitrogens with one attached hydrogen (secondary N) is 3. The smallest absolute Gasteiger partial charge is 0.238 e. The fourth-order valence-corrected chi connectivity index (χ4v) is 3.82. The predicted molar refractivity (Wildman–Crippen MR) is 150 cm³/mol. The number of carbonyl (C=O) groups is 1. The summed E-state index contributed by atoms with van der Waals surface area (Å²) in [5.74, 6) is 1.69. The van der Waals surface area contributed by atoms with E-state index in [1.54, 1.807) is 7.11 Å². The third kappa shape index (κ3) is 10.6. The van der Waals surface area contributed by atoms with Crippen molar-refractivity contribution in [2.75, 3.05) is 26.9 Å². The molecular formula is C28H41FmN6O4-. The van der Waals surface area contributed by atoms with Crippen LogP contribution in [-0.2, 0) is 27.5 Å². The molecule has 1 aromatic heterocycles. The Labute approximate surface area is 225 Å². The Bertz CT molecular complexity index is 1180. The first-order valence-corrected chi connectivity index (χ1v) is 13.0. The van der Waals surface area contributed by atoms with Crippen molar-refractivity contribution in [3.63, 3.8) is 0 Å². The zero-order valence-electron chi connectivity index (χ0n) is 23.1. The zero-order valence-corrected chi connectivity index (χ0v) is 25.5. The van der Waals surface area contributed by atoms with Gasteiger partial charge in [0.25, 0.3) is 0 Å². The van der Waals surface area contributed by atoms with Crippen LogP contribution in [0.1, 0.15) is 57.1 Å². The summed E-state index contributed by atoms with van der Waals surface area (Å²) in [6.07, 6.45) is 8.42. The van der Waals surface area contributed by atoms with E-state index in [-0.39, 0.29) is 25.8 Å². The van der Waals surface area contributed by atoms with Crippen LogP contribution in [0.25, 0.3) is 12.4 Å². The number of nitrogens with zero attached hydrogens (tertiary/aromatic N) is 2. The van der Waals surface area contributed by atoms with Gasteiger partial charge < -0.3 is 40.5 Å². The molecular weight excluding hydrogens is 741 g/mol. The molecule has 1 heterocycles. The van der Waals surface area contributed by atoms with Crippen molar-refractivity contribution in [3.05, 3.63) is 52.2 Å². The van der Waals surface area contributed by atoms with E-state index < -0.39 is 0 Å². The second-order valence-corrected chi connectivity index (χ2v) is 8.85. The first kappa shape index (κ1) is 32.2. The summed E-state index contributed by atoms with van der Waals surface area (Å²) in [5, 5.41) is 9.97. The van der Waals surface area contributed by atoms with Crippen molar-refractivity contribution in [2.24, 2.45) is 10.7 Å². The third-order valence-electron chi connectivity index (χ3n) is 5.76. The molecule has 0 aliphatic carbocycles. The maximum atomic E-state index is 11.5. The summed E-state index contributed by atoms with van der Waals surface area (Å²) in [4.78, 5) is 26.4. The Balaban J connectivity index is 0.00000760. The van der Waals surface area contributed by atoms with Crippen LogP contribution in [0.2, 0.25) is 0 Å². The van der Waals surface area contributed by atoms with Crippen molar-refractivity contribution in [2.45, 2.75) is 59.1 Å². The molecule has 0 radical (unpaired) electrons. The number of aromatic nitrogens is 1. The molecule has 220 valence electrons. The molecule has 0 atom stereocenters. The van der Waals surface area contributed by atoms with Crippen molar-refractivity contribution in [1.82, 2.24) is 20.5 Å². The van der Waals surface area contributed by atoms with Gasteiger partial charge in [0, 0.05) is 24.7 Å². The molecule has 2 amide bonds. The van der Waals surface area contributed by atoms with Gasteiger partial charge in [0.15, 0.2) is 5.82 Å². The molecule has 0 fully saturated rings. The number of ether oxygens (including phenoxy) is 2. The maximum absolute atomic E-state index is 11.5. The Kier molecular flexibility index (Phi) is 14.6. The van der Waals surface area contributed by atoms with E-state index in [2.05, 4.69) is 40.9 Å². The van der Waals surface area contributed by atoms with E-state index >= 15 is 0 Å². The number of hydrogen-bond acceptors (Lipinski definition) is 6. The molecule has 1 aromatic carbocycles. The van der Waals surface area contributed by atoms with Crippen molar-refractivity contribution in [1.29, 1.82) is 0 Å². The van der Waals surface area contributed by atoms with Gasteiger partial charge in [-0.3, -0.25) is 4.79 Å². The average molecular weight is 783 g/mol. The van der Waals surface area contributed by atoms with Gasteiger partial charge in [-0.05, 0) is 35.8 Å². The number of methoxy groups -OCH3 is 1. The average Bonchev–Trinajstić information content (AvgIpc) is 3.27. The van der Waals surface area contributed by atoms with Crippen molar-refractivity contribution >= 4 is 30.6 Å². The normalized spacial score (nSPS) is 11.8. The van der Waals surface area contributed by atoms with E-state index in [1.165, 1.54) is 6.41 Å². The minimum absolute atomic E-state index is 0. The van der Waals surface area contributed by atoms with E-state index in [9.17, 15) is 9.59 Å². The van der Waals surface area contributed by atoms with E-state index in [1.807, 2.05) is 30.5 Å². The van der Waals surface area contributed by atoms with E-state index in [0.717, 1.165) is 71.9 Å². The Morgan fingerprint density at radius 3 is 2.67 bits per heavy atom. The zero-order chi connectivity index (χ0) is 27.8. The molecule has 0 spiro atoms. The Morgan fingerprint density at radius 1 is 1.18 bits per heavy atom. The molecule has 0 saturated carbocycles. The third-order valence-corrected chi connectivity index (χ3v) is 5.76. The van der Waals surface area contributed by atoms with Crippen LogP contribution in [0.3, 0.4) is 0 Å². The summed E-state index contributed by atoms with van der Waals surface area (Å²) in [6.45, 7) is 10.0. The minimum atomic E-state index is -0.356.